The molecular formula is C17H24N2O2. The monoisotopic (exact) mass is 288 g/mol. The van der Waals surface area contributed by atoms with Gasteiger partial charge in [-0.1, -0.05) is 12.1 Å². The Hall–Kier alpha value is -1.81. The molecule has 0 aliphatic carbocycles. The predicted molar refractivity (Wildman–Crippen MR) is 85.3 cm³/mol. The van der Waals surface area contributed by atoms with Crippen molar-refractivity contribution in [1.82, 2.24) is 10.2 Å². The molecule has 21 heavy (non-hydrogen) atoms. The van der Waals surface area contributed by atoms with E-state index in [1.807, 2.05) is 37.4 Å². The Morgan fingerprint density at radius 2 is 2.19 bits per heavy atom. The van der Waals surface area contributed by atoms with Crippen LogP contribution in [0.5, 0.6) is 5.75 Å². The van der Waals surface area contributed by atoms with Crippen LogP contribution in [-0.2, 0) is 4.79 Å². The number of methoxy groups -OCH3 is 1. The van der Waals surface area contributed by atoms with Gasteiger partial charge >= 0.3 is 0 Å². The first kappa shape index (κ1) is 15.6. The second-order valence-electron chi connectivity index (χ2n) is 5.54. The van der Waals surface area contributed by atoms with E-state index in [0.29, 0.717) is 5.92 Å². The van der Waals surface area contributed by atoms with Crippen LogP contribution in [0.4, 0.5) is 0 Å². The summed E-state index contributed by atoms with van der Waals surface area (Å²) in [5.41, 5.74) is 0.997. The second-order valence-corrected chi connectivity index (χ2v) is 5.54. The zero-order chi connectivity index (χ0) is 15.1. The maximum atomic E-state index is 12.1. The smallest absolute Gasteiger partial charge is 0.246 e. The van der Waals surface area contributed by atoms with Gasteiger partial charge in [-0.15, -0.1) is 0 Å². The lowest BCUT2D eigenvalue weighted by Gasteiger charge is -2.27. The molecule has 4 heteroatoms. The number of ether oxygens (including phenoxy) is 1. The summed E-state index contributed by atoms with van der Waals surface area (Å²) < 4.78 is 5.11. The van der Waals surface area contributed by atoms with Crippen molar-refractivity contribution in [2.24, 2.45) is 5.92 Å². The molecule has 1 fully saturated rings. The predicted octanol–water partition coefficient (Wildman–Crippen LogP) is 2.17. The molecule has 1 heterocycles. The summed E-state index contributed by atoms with van der Waals surface area (Å²) >= 11 is 0. The molecule has 1 aromatic carbocycles. The molecule has 0 aromatic heterocycles. The Kier molecular flexibility index (Phi) is 5.81. The summed E-state index contributed by atoms with van der Waals surface area (Å²) in [4.78, 5) is 13.9. The maximum absolute atomic E-state index is 12.1. The van der Waals surface area contributed by atoms with Crippen LogP contribution in [-0.4, -0.2) is 44.6 Å². The maximum Gasteiger partial charge on any atom is 0.246 e. The molecule has 0 saturated carbocycles. The standard InChI is InChI=1S/C17H24N2O2/c1-19(13-15-4-3-11-18-12-15)17(20)10-7-14-5-8-16(21-2)9-6-14/h5-10,15,18H,3-4,11-13H2,1-2H3/b10-7+. The summed E-state index contributed by atoms with van der Waals surface area (Å²) in [5.74, 6) is 1.44. The number of hydrogen-bond acceptors (Lipinski definition) is 3. The number of likely N-dealkylation sites (N-methyl/N-ethyl adjacent to an activating group) is 1. The van der Waals surface area contributed by atoms with Gasteiger partial charge < -0.3 is 15.0 Å². The van der Waals surface area contributed by atoms with E-state index in [1.165, 1.54) is 12.8 Å². The Morgan fingerprint density at radius 3 is 2.81 bits per heavy atom. The molecule has 0 spiro atoms. The van der Waals surface area contributed by atoms with Crippen LogP contribution in [0.3, 0.4) is 0 Å². The Labute approximate surface area is 126 Å². The molecule has 0 bridgehead atoms. The minimum Gasteiger partial charge on any atom is -0.497 e. The molecular weight excluding hydrogens is 264 g/mol. The van der Waals surface area contributed by atoms with E-state index < -0.39 is 0 Å². The van der Waals surface area contributed by atoms with Crippen LogP contribution < -0.4 is 10.1 Å². The van der Waals surface area contributed by atoms with Crippen LogP contribution in [0.15, 0.2) is 30.3 Å². The number of nitrogens with zero attached hydrogens (tertiary/aromatic N) is 1. The quantitative estimate of drug-likeness (QED) is 0.844. The molecule has 1 aliphatic heterocycles. The number of carbonyl (C=O) groups is 1. The number of nitrogens with one attached hydrogen (secondary N) is 1. The van der Waals surface area contributed by atoms with Crippen molar-refractivity contribution >= 4 is 12.0 Å². The van der Waals surface area contributed by atoms with Crippen molar-refractivity contribution in [3.8, 4) is 5.75 Å². The number of rotatable bonds is 5. The highest BCUT2D eigenvalue weighted by Crippen LogP contribution is 2.13. The van der Waals surface area contributed by atoms with Gasteiger partial charge in [0, 0.05) is 19.7 Å². The van der Waals surface area contributed by atoms with Gasteiger partial charge in [0.1, 0.15) is 5.75 Å². The number of benzene rings is 1. The first-order valence-corrected chi connectivity index (χ1v) is 7.47. The highest BCUT2D eigenvalue weighted by atomic mass is 16.5. The summed E-state index contributed by atoms with van der Waals surface area (Å²) in [5, 5.41) is 3.38. The first-order valence-electron chi connectivity index (χ1n) is 7.47. The molecule has 0 radical (unpaired) electrons. The lowest BCUT2D eigenvalue weighted by atomic mass is 9.99. The highest BCUT2D eigenvalue weighted by Gasteiger charge is 2.16. The largest absolute Gasteiger partial charge is 0.497 e. The summed E-state index contributed by atoms with van der Waals surface area (Å²) in [6, 6.07) is 7.66. The molecule has 1 N–H and O–H groups in total. The van der Waals surface area contributed by atoms with Crippen molar-refractivity contribution in [3.05, 3.63) is 35.9 Å². The van der Waals surface area contributed by atoms with Crippen molar-refractivity contribution in [2.75, 3.05) is 33.8 Å². The van der Waals surface area contributed by atoms with Crippen molar-refractivity contribution in [1.29, 1.82) is 0 Å². The summed E-state index contributed by atoms with van der Waals surface area (Å²) in [6.07, 6.45) is 5.89. The van der Waals surface area contributed by atoms with E-state index in [0.717, 1.165) is 30.9 Å². The SMILES string of the molecule is COc1ccc(/C=C/C(=O)N(C)CC2CCCNC2)cc1. The lowest BCUT2D eigenvalue weighted by molar-refractivity contribution is -0.125. The second kappa shape index (κ2) is 7.84. The fourth-order valence-electron chi connectivity index (χ4n) is 2.57. The number of amides is 1. The van der Waals surface area contributed by atoms with E-state index >= 15 is 0 Å². The van der Waals surface area contributed by atoms with Crippen LogP contribution in [0.2, 0.25) is 0 Å². The van der Waals surface area contributed by atoms with E-state index in [4.69, 9.17) is 4.74 Å². The molecule has 114 valence electrons. The molecule has 1 amide bonds. The van der Waals surface area contributed by atoms with Crippen molar-refractivity contribution in [2.45, 2.75) is 12.8 Å². The van der Waals surface area contributed by atoms with Crippen LogP contribution in [0.1, 0.15) is 18.4 Å². The number of carbonyl (C=O) groups excluding carboxylic acids is 1. The number of piperidine rings is 1. The first-order chi connectivity index (χ1) is 10.2. The van der Waals surface area contributed by atoms with E-state index in [2.05, 4.69) is 5.32 Å². The molecule has 1 saturated heterocycles. The fourth-order valence-corrected chi connectivity index (χ4v) is 2.57. The highest BCUT2D eigenvalue weighted by molar-refractivity contribution is 5.91. The van der Waals surface area contributed by atoms with Gasteiger partial charge in [0.25, 0.3) is 0 Å². The third kappa shape index (κ3) is 4.90. The molecule has 2 rings (SSSR count). The van der Waals surface area contributed by atoms with E-state index in [1.54, 1.807) is 18.1 Å². The van der Waals surface area contributed by atoms with Crippen LogP contribution >= 0.6 is 0 Å². The van der Waals surface area contributed by atoms with Gasteiger partial charge in [0.2, 0.25) is 5.91 Å². The minimum atomic E-state index is 0.0522. The molecule has 1 atom stereocenters. The van der Waals surface area contributed by atoms with Crippen molar-refractivity contribution in [3.63, 3.8) is 0 Å². The molecule has 1 aliphatic rings. The summed E-state index contributed by atoms with van der Waals surface area (Å²) in [6.45, 7) is 2.93. The molecule has 4 nitrogen and oxygen atoms in total. The number of hydrogen-bond donors (Lipinski definition) is 1. The zero-order valence-electron chi connectivity index (χ0n) is 12.8. The van der Waals surface area contributed by atoms with E-state index in [-0.39, 0.29) is 5.91 Å². The van der Waals surface area contributed by atoms with Gasteiger partial charge in [0.15, 0.2) is 0 Å². The van der Waals surface area contributed by atoms with Gasteiger partial charge in [-0.25, -0.2) is 0 Å². The van der Waals surface area contributed by atoms with Gasteiger partial charge in [-0.2, -0.15) is 0 Å². The Bertz CT molecular complexity index is 476. The normalized spacial score (nSPS) is 18.7. The zero-order valence-corrected chi connectivity index (χ0v) is 12.8. The van der Waals surface area contributed by atoms with Crippen LogP contribution in [0.25, 0.3) is 6.08 Å². The van der Waals surface area contributed by atoms with Crippen molar-refractivity contribution < 1.29 is 9.53 Å². The third-order valence-electron chi connectivity index (χ3n) is 3.84. The minimum absolute atomic E-state index is 0.0522. The molecule has 1 aromatic rings. The Balaban J connectivity index is 1.85. The van der Waals surface area contributed by atoms with Gasteiger partial charge in [-0.05, 0) is 55.6 Å². The average molecular weight is 288 g/mol. The summed E-state index contributed by atoms with van der Waals surface area (Å²) in [7, 11) is 3.51. The fraction of sp³-hybridized carbons (Fsp3) is 0.471. The van der Waals surface area contributed by atoms with E-state index in [9.17, 15) is 4.79 Å². The topological polar surface area (TPSA) is 41.6 Å². The van der Waals surface area contributed by atoms with Crippen LogP contribution in [0, 0.1) is 5.92 Å². The van der Waals surface area contributed by atoms with Gasteiger partial charge in [0.05, 0.1) is 7.11 Å². The third-order valence-corrected chi connectivity index (χ3v) is 3.84. The Morgan fingerprint density at radius 1 is 1.43 bits per heavy atom. The average Bonchev–Trinajstić information content (AvgIpc) is 2.54. The van der Waals surface area contributed by atoms with Gasteiger partial charge in [-0.3, -0.25) is 4.79 Å². The molecule has 1 unspecified atom stereocenters. The lowest BCUT2D eigenvalue weighted by Crippen LogP contribution is -2.38.